The molecular formula is C41H41NO3. The Labute approximate surface area is 267 Å². The third kappa shape index (κ3) is 7.60. The van der Waals surface area contributed by atoms with E-state index in [1.165, 1.54) is 33.4 Å². The summed E-state index contributed by atoms with van der Waals surface area (Å²) in [7, 11) is 0. The van der Waals surface area contributed by atoms with Crippen LogP contribution < -0.4 is 9.64 Å². The molecule has 0 aliphatic heterocycles. The third-order valence-corrected chi connectivity index (χ3v) is 8.14. The molecule has 1 unspecified atom stereocenters. The van der Waals surface area contributed by atoms with E-state index in [4.69, 9.17) is 4.74 Å². The number of anilines is 3. The molecule has 4 heteroatoms. The number of rotatable bonds is 12. The lowest BCUT2D eigenvalue weighted by atomic mass is 9.97. The fourth-order valence-electron chi connectivity index (χ4n) is 5.38. The number of Topliss-reactive ketones (excluding diaryl/α,β-unsaturated/α-hetero) is 1. The first-order valence-electron chi connectivity index (χ1n) is 15.4. The van der Waals surface area contributed by atoms with Crippen LogP contribution in [-0.2, 0) is 17.6 Å². The van der Waals surface area contributed by atoms with Crippen LogP contribution in [0, 0.1) is 13.8 Å². The first kappa shape index (κ1) is 31.5. The Morgan fingerprint density at radius 2 is 1.04 bits per heavy atom. The summed E-state index contributed by atoms with van der Waals surface area (Å²) in [6.07, 6.45) is 1.75. The Morgan fingerprint density at radius 3 is 1.49 bits per heavy atom. The molecule has 4 nitrogen and oxygen atoms in total. The van der Waals surface area contributed by atoms with Crippen LogP contribution in [0.15, 0.2) is 133 Å². The summed E-state index contributed by atoms with van der Waals surface area (Å²) in [4.78, 5) is 14.7. The monoisotopic (exact) mass is 595 g/mol. The molecule has 0 amide bonds. The molecule has 0 fully saturated rings. The second-order valence-electron chi connectivity index (χ2n) is 12.0. The number of ether oxygens (including phenoxy) is 1. The molecule has 0 bridgehead atoms. The number of benzene rings is 5. The Hall–Kier alpha value is -4.93. The molecule has 5 rings (SSSR count). The second-order valence-corrected chi connectivity index (χ2v) is 12.0. The molecule has 5 aromatic rings. The first-order chi connectivity index (χ1) is 21.6. The van der Waals surface area contributed by atoms with E-state index in [1.54, 1.807) is 13.8 Å². The van der Waals surface area contributed by atoms with Gasteiger partial charge in [0, 0.05) is 17.1 Å². The molecule has 0 saturated heterocycles. The highest BCUT2D eigenvalue weighted by Crippen LogP contribution is 2.36. The summed E-state index contributed by atoms with van der Waals surface area (Å²) in [5, 5.41) is 9.80. The number of nitrogens with zero attached hydrogens (tertiary/aromatic N) is 1. The number of carbonyl (C=O) groups excluding carboxylic acids is 1. The van der Waals surface area contributed by atoms with Gasteiger partial charge in [-0.15, -0.1) is 0 Å². The van der Waals surface area contributed by atoms with Gasteiger partial charge in [-0.05, 0) is 117 Å². The topological polar surface area (TPSA) is 49.8 Å². The van der Waals surface area contributed by atoms with Crippen LogP contribution in [0.5, 0.6) is 5.75 Å². The van der Waals surface area contributed by atoms with E-state index in [1.807, 2.05) is 24.3 Å². The van der Waals surface area contributed by atoms with E-state index in [9.17, 15) is 9.90 Å². The number of aliphatic hydroxyl groups excluding tert-OH is 1. The summed E-state index contributed by atoms with van der Waals surface area (Å²) in [5.41, 5.74) is 9.63. The van der Waals surface area contributed by atoms with Crippen molar-refractivity contribution in [1.29, 1.82) is 0 Å². The minimum atomic E-state index is -1.34. The van der Waals surface area contributed by atoms with Gasteiger partial charge in [0.15, 0.2) is 5.60 Å². The number of carbonyl (C=O) groups is 1. The van der Waals surface area contributed by atoms with Gasteiger partial charge < -0.3 is 14.7 Å². The van der Waals surface area contributed by atoms with Gasteiger partial charge in [0.2, 0.25) is 5.78 Å². The van der Waals surface area contributed by atoms with Gasteiger partial charge in [-0.25, -0.2) is 0 Å². The Balaban J connectivity index is 1.30. The zero-order valence-electron chi connectivity index (χ0n) is 26.6. The molecule has 5 aromatic carbocycles. The maximum Gasteiger partial charge on any atom is 0.203 e. The highest BCUT2D eigenvalue weighted by atomic mass is 16.5. The smallest absolute Gasteiger partial charge is 0.203 e. The van der Waals surface area contributed by atoms with Gasteiger partial charge in [-0.1, -0.05) is 90.5 Å². The molecule has 0 aliphatic carbocycles. The Kier molecular flexibility index (Phi) is 9.65. The normalized spacial score (nSPS) is 12.3. The van der Waals surface area contributed by atoms with Crippen molar-refractivity contribution < 1.29 is 14.6 Å². The van der Waals surface area contributed by atoms with Crippen molar-refractivity contribution in [3.63, 3.8) is 0 Å². The minimum Gasteiger partial charge on any atom is -0.477 e. The van der Waals surface area contributed by atoms with Gasteiger partial charge in [0.05, 0.1) is 6.61 Å². The molecule has 0 saturated carbocycles. The maximum atomic E-state index is 12.5. The molecule has 0 aromatic heterocycles. The average Bonchev–Trinajstić information content (AvgIpc) is 3.06. The summed E-state index contributed by atoms with van der Waals surface area (Å²) < 4.78 is 5.88. The van der Waals surface area contributed by atoms with E-state index >= 15 is 0 Å². The molecule has 0 aliphatic rings. The van der Waals surface area contributed by atoms with Gasteiger partial charge in [-0.3, -0.25) is 4.79 Å². The summed E-state index contributed by atoms with van der Waals surface area (Å²) >= 11 is 0. The van der Waals surface area contributed by atoms with Crippen LogP contribution in [0.3, 0.4) is 0 Å². The Bertz CT molecular complexity index is 1740. The number of aryl methyl sites for hydroxylation is 4. The highest BCUT2D eigenvalue weighted by Gasteiger charge is 2.35. The lowest BCUT2D eigenvalue weighted by Gasteiger charge is -2.27. The van der Waals surface area contributed by atoms with Crippen molar-refractivity contribution in [3.8, 4) is 16.9 Å². The van der Waals surface area contributed by atoms with E-state index in [0.717, 1.165) is 29.9 Å². The van der Waals surface area contributed by atoms with E-state index < -0.39 is 12.2 Å². The molecular weight excluding hydrogens is 554 g/mol. The first-order valence-corrected chi connectivity index (χ1v) is 15.4. The number of hydrogen-bond donors (Lipinski definition) is 1. The number of ketones is 1. The summed E-state index contributed by atoms with van der Waals surface area (Å²) in [6.45, 7) is 10.7. The Morgan fingerprint density at radius 1 is 0.667 bits per heavy atom. The van der Waals surface area contributed by atoms with Crippen molar-refractivity contribution in [2.24, 2.45) is 0 Å². The zero-order valence-corrected chi connectivity index (χ0v) is 26.6. The summed E-state index contributed by atoms with van der Waals surface area (Å²) in [5.74, 6) is 0.232. The van der Waals surface area contributed by atoms with Crippen LogP contribution in [0.4, 0.5) is 17.1 Å². The summed E-state index contributed by atoms with van der Waals surface area (Å²) in [6, 6.07) is 42.5. The molecule has 45 heavy (non-hydrogen) atoms. The molecule has 1 atom stereocenters. The van der Waals surface area contributed by atoms with Crippen LogP contribution in [0.2, 0.25) is 0 Å². The largest absolute Gasteiger partial charge is 0.477 e. The number of aliphatic hydroxyl groups is 1. The minimum absolute atomic E-state index is 0.308. The molecule has 228 valence electrons. The standard InChI is InChI=1S/C41H41NO3/c1-29(2)40(44)41(5,28-43)45-39-26-14-33(15-27-39)11-10-32-12-22-37(23-13-32)42(36-20-8-31(4)9-21-36)38-24-18-35(19-25-38)34-16-6-30(3)7-17-34/h6-9,12-27,43H,1,10-11,28H2,2-5H3. The predicted octanol–water partition coefficient (Wildman–Crippen LogP) is 9.50. The van der Waals surface area contributed by atoms with Gasteiger partial charge in [0.1, 0.15) is 5.75 Å². The molecule has 0 heterocycles. The van der Waals surface area contributed by atoms with Crippen molar-refractivity contribution in [2.45, 2.75) is 46.1 Å². The fourth-order valence-corrected chi connectivity index (χ4v) is 5.38. The predicted molar refractivity (Wildman–Crippen MR) is 186 cm³/mol. The van der Waals surface area contributed by atoms with Crippen molar-refractivity contribution in [2.75, 3.05) is 11.5 Å². The van der Waals surface area contributed by atoms with Crippen LogP contribution >= 0.6 is 0 Å². The van der Waals surface area contributed by atoms with Gasteiger partial charge in [0.25, 0.3) is 0 Å². The van der Waals surface area contributed by atoms with E-state index in [0.29, 0.717) is 11.3 Å². The second kappa shape index (κ2) is 13.8. The zero-order chi connectivity index (χ0) is 32.0. The SMILES string of the molecule is C=C(C)C(=O)C(C)(CO)Oc1ccc(CCc2ccc(N(c3ccc(C)cc3)c3ccc(-c4ccc(C)cc4)cc3)cc2)cc1. The van der Waals surface area contributed by atoms with E-state index in [-0.39, 0.29) is 5.78 Å². The van der Waals surface area contributed by atoms with Gasteiger partial charge >= 0.3 is 0 Å². The average molecular weight is 596 g/mol. The maximum absolute atomic E-state index is 12.5. The van der Waals surface area contributed by atoms with Crippen molar-refractivity contribution in [3.05, 3.63) is 156 Å². The highest BCUT2D eigenvalue weighted by molar-refractivity contribution is 6.01. The van der Waals surface area contributed by atoms with Crippen LogP contribution in [0.1, 0.15) is 36.1 Å². The molecule has 0 radical (unpaired) electrons. The van der Waals surface area contributed by atoms with Gasteiger partial charge in [-0.2, -0.15) is 0 Å². The molecule has 0 spiro atoms. The quantitative estimate of drug-likeness (QED) is 0.146. The lowest BCUT2D eigenvalue weighted by molar-refractivity contribution is -0.132. The van der Waals surface area contributed by atoms with Crippen molar-refractivity contribution in [1.82, 2.24) is 0 Å². The lowest BCUT2D eigenvalue weighted by Crippen LogP contribution is -2.45. The third-order valence-electron chi connectivity index (χ3n) is 8.14. The number of hydrogen-bond acceptors (Lipinski definition) is 4. The van der Waals surface area contributed by atoms with E-state index in [2.05, 4.69) is 122 Å². The van der Waals surface area contributed by atoms with Crippen LogP contribution in [-0.4, -0.2) is 23.1 Å². The van der Waals surface area contributed by atoms with Crippen LogP contribution in [0.25, 0.3) is 11.1 Å². The molecule has 1 N–H and O–H groups in total. The van der Waals surface area contributed by atoms with Crippen molar-refractivity contribution >= 4 is 22.8 Å². The fraction of sp³-hybridized carbons (Fsp3) is 0.195.